The van der Waals surface area contributed by atoms with Gasteiger partial charge in [-0.15, -0.1) is 12.4 Å². The van der Waals surface area contributed by atoms with E-state index in [9.17, 15) is 4.79 Å². The third-order valence-electron chi connectivity index (χ3n) is 2.52. The highest BCUT2D eigenvalue weighted by atomic mass is 35.5. The van der Waals surface area contributed by atoms with Crippen molar-refractivity contribution < 1.29 is 9.90 Å². The lowest BCUT2D eigenvalue weighted by molar-refractivity contribution is -0.123. The minimum absolute atomic E-state index is 0. The number of pyridine rings is 1. The predicted molar refractivity (Wildman–Crippen MR) is 78.3 cm³/mol. The smallest absolute Gasteiger partial charge is 0.230 e. The zero-order chi connectivity index (χ0) is 13.8. The van der Waals surface area contributed by atoms with Gasteiger partial charge in [0.05, 0.1) is 6.61 Å². The Hall–Kier alpha value is -1.17. The van der Waals surface area contributed by atoms with E-state index in [1.54, 1.807) is 12.3 Å². The number of aliphatic hydroxyl groups excluding tert-OH is 1. The number of nitrogens with one attached hydrogen (secondary N) is 1. The van der Waals surface area contributed by atoms with Gasteiger partial charge < -0.3 is 16.2 Å². The fourth-order valence-electron chi connectivity index (χ4n) is 1.36. The van der Waals surface area contributed by atoms with Gasteiger partial charge in [0.2, 0.25) is 5.91 Å². The topological polar surface area (TPSA) is 88.2 Å². The molecule has 0 saturated carbocycles. The third-order valence-corrected chi connectivity index (χ3v) is 2.52. The van der Waals surface area contributed by atoms with Crippen molar-refractivity contribution in [1.29, 1.82) is 0 Å². The van der Waals surface area contributed by atoms with Crippen LogP contribution in [-0.4, -0.2) is 28.6 Å². The summed E-state index contributed by atoms with van der Waals surface area (Å²) in [7, 11) is 0. The number of carbonyl (C=O) groups excluding carboxylic acids is 1. The highest BCUT2D eigenvalue weighted by Crippen LogP contribution is 2.19. The molecule has 1 heterocycles. The van der Waals surface area contributed by atoms with E-state index >= 15 is 0 Å². The summed E-state index contributed by atoms with van der Waals surface area (Å²) in [4.78, 5) is 16.1. The van der Waals surface area contributed by atoms with Crippen LogP contribution in [0.2, 0.25) is 0 Å². The number of halogens is 1. The van der Waals surface area contributed by atoms with Gasteiger partial charge in [-0.05, 0) is 18.1 Å². The van der Waals surface area contributed by atoms with Gasteiger partial charge in [0.15, 0.2) is 0 Å². The number of aromatic nitrogens is 1. The Morgan fingerprint density at radius 1 is 1.53 bits per heavy atom. The summed E-state index contributed by atoms with van der Waals surface area (Å²) in [5.41, 5.74) is 6.05. The average molecular weight is 288 g/mol. The van der Waals surface area contributed by atoms with Crippen molar-refractivity contribution in [3.8, 4) is 0 Å². The van der Waals surface area contributed by atoms with Gasteiger partial charge in [0.25, 0.3) is 0 Å². The lowest BCUT2D eigenvalue weighted by Gasteiger charge is -2.19. The summed E-state index contributed by atoms with van der Waals surface area (Å²) in [6.07, 6.45) is 2.09. The van der Waals surface area contributed by atoms with Gasteiger partial charge >= 0.3 is 0 Å². The molecule has 1 aromatic heterocycles. The standard InChI is InChI=1S/C13H21N3O2.ClH/c1-13(2,3)12(18)16-11-9(5-4-6-15-11)7-10(14)8-17;/h4-6,10,17H,7-8,14H2,1-3H3,(H,15,16,18);1H. The Balaban J connectivity index is 0.00000324. The zero-order valence-corrected chi connectivity index (χ0v) is 12.3. The summed E-state index contributed by atoms with van der Waals surface area (Å²) in [5.74, 6) is 0.418. The molecule has 0 aromatic carbocycles. The van der Waals surface area contributed by atoms with Gasteiger partial charge in [0, 0.05) is 17.7 Å². The summed E-state index contributed by atoms with van der Waals surface area (Å²) >= 11 is 0. The monoisotopic (exact) mass is 287 g/mol. The maximum atomic E-state index is 11.9. The van der Waals surface area contributed by atoms with Crippen molar-refractivity contribution in [1.82, 2.24) is 4.98 Å². The number of carbonyl (C=O) groups is 1. The van der Waals surface area contributed by atoms with E-state index in [0.717, 1.165) is 5.56 Å². The second-order valence-electron chi connectivity index (χ2n) is 5.36. The molecule has 0 spiro atoms. The minimum Gasteiger partial charge on any atom is -0.395 e. The maximum Gasteiger partial charge on any atom is 0.230 e. The van der Waals surface area contributed by atoms with Crippen LogP contribution < -0.4 is 11.1 Å². The Morgan fingerprint density at radius 3 is 2.68 bits per heavy atom. The molecule has 1 aromatic rings. The summed E-state index contributed by atoms with van der Waals surface area (Å²) in [6.45, 7) is 5.42. The fraction of sp³-hybridized carbons (Fsp3) is 0.538. The first-order chi connectivity index (χ1) is 8.34. The highest BCUT2D eigenvalue weighted by Gasteiger charge is 2.22. The molecule has 4 N–H and O–H groups in total. The number of hydrogen-bond acceptors (Lipinski definition) is 4. The Kier molecular flexibility index (Phi) is 6.97. The van der Waals surface area contributed by atoms with Crippen molar-refractivity contribution >= 4 is 24.1 Å². The number of aliphatic hydroxyl groups is 1. The fourth-order valence-corrected chi connectivity index (χ4v) is 1.36. The first-order valence-corrected chi connectivity index (χ1v) is 5.96. The van der Waals surface area contributed by atoms with Crippen LogP contribution in [0.25, 0.3) is 0 Å². The van der Waals surface area contributed by atoms with Crippen LogP contribution in [-0.2, 0) is 11.2 Å². The van der Waals surface area contributed by atoms with E-state index in [1.165, 1.54) is 0 Å². The van der Waals surface area contributed by atoms with Crippen LogP contribution in [0, 0.1) is 5.41 Å². The number of amides is 1. The van der Waals surface area contributed by atoms with Gasteiger partial charge in [-0.2, -0.15) is 0 Å². The van der Waals surface area contributed by atoms with Crippen LogP contribution in [0.1, 0.15) is 26.3 Å². The van der Waals surface area contributed by atoms with Crippen LogP contribution >= 0.6 is 12.4 Å². The Labute approximate surface area is 120 Å². The second kappa shape index (κ2) is 7.43. The Bertz CT molecular complexity index is 419. The second-order valence-corrected chi connectivity index (χ2v) is 5.36. The van der Waals surface area contributed by atoms with Crippen molar-refractivity contribution in [2.75, 3.05) is 11.9 Å². The van der Waals surface area contributed by atoms with Crippen molar-refractivity contribution in [3.05, 3.63) is 23.9 Å². The molecule has 6 heteroatoms. The highest BCUT2D eigenvalue weighted by molar-refractivity contribution is 5.94. The van der Waals surface area contributed by atoms with Gasteiger partial charge in [-0.25, -0.2) is 4.98 Å². The van der Waals surface area contributed by atoms with Gasteiger partial charge in [-0.1, -0.05) is 26.8 Å². The van der Waals surface area contributed by atoms with E-state index in [-0.39, 0.29) is 31.0 Å². The average Bonchev–Trinajstić information content (AvgIpc) is 2.30. The van der Waals surface area contributed by atoms with Crippen molar-refractivity contribution in [2.45, 2.75) is 33.2 Å². The minimum atomic E-state index is -0.478. The normalized spacial score (nSPS) is 12.5. The number of nitrogens with two attached hydrogens (primary N) is 1. The predicted octanol–water partition coefficient (Wildman–Crippen LogP) is 1.35. The molecule has 19 heavy (non-hydrogen) atoms. The number of anilines is 1. The molecule has 0 aliphatic heterocycles. The summed E-state index contributed by atoms with van der Waals surface area (Å²) < 4.78 is 0. The molecule has 1 unspecified atom stereocenters. The molecule has 1 rings (SSSR count). The van der Waals surface area contributed by atoms with Crippen molar-refractivity contribution in [3.63, 3.8) is 0 Å². The van der Waals surface area contributed by atoms with Gasteiger partial charge in [-0.3, -0.25) is 4.79 Å². The molecular formula is C13H22ClN3O2. The first-order valence-electron chi connectivity index (χ1n) is 5.96. The number of hydrogen-bond donors (Lipinski definition) is 3. The Morgan fingerprint density at radius 2 is 2.16 bits per heavy atom. The van der Waals surface area contributed by atoms with Crippen LogP contribution in [0.3, 0.4) is 0 Å². The van der Waals surface area contributed by atoms with E-state index < -0.39 is 5.41 Å². The van der Waals surface area contributed by atoms with Gasteiger partial charge in [0.1, 0.15) is 5.82 Å². The molecule has 0 radical (unpaired) electrons. The molecule has 0 fully saturated rings. The van der Waals surface area contributed by atoms with Crippen molar-refractivity contribution in [2.24, 2.45) is 11.1 Å². The number of rotatable bonds is 4. The van der Waals surface area contributed by atoms with E-state index in [4.69, 9.17) is 10.8 Å². The molecule has 5 nitrogen and oxygen atoms in total. The summed E-state index contributed by atoms with van der Waals surface area (Å²) in [6, 6.07) is 3.28. The maximum absolute atomic E-state index is 11.9. The molecule has 0 aliphatic rings. The lowest BCUT2D eigenvalue weighted by atomic mass is 9.95. The number of nitrogens with zero attached hydrogens (tertiary/aromatic N) is 1. The molecule has 0 bridgehead atoms. The molecule has 1 amide bonds. The van der Waals surface area contributed by atoms with E-state index in [2.05, 4.69) is 10.3 Å². The quantitative estimate of drug-likeness (QED) is 0.780. The SMILES string of the molecule is CC(C)(C)C(=O)Nc1ncccc1CC(N)CO.Cl. The van der Waals surface area contributed by atoms with Crippen LogP contribution in [0.15, 0.2) is 18.3 Å². The molecule has 1 atom stereocenters. The third kappa shape index (κ3) is 5.55. The largest absolute Gasteiger partial charge is 0.395 e. The molecule has 108 valence electrons. The van der Waals surface area contributed by atoms with E-state index in [0.29, 0.717) is 12.2 Å². The molecular weight excluding hydrogens is 266 g/mol. The lowest BCUT2D eigenvalue weighted by Crippen LogP contribution is -2.30. The first kappa shape index (κ1) is 17.8. The molecule has 0 aliphatic carbocycles. The zero-order valence-electron chi connectivity index (χ0n) is 11.5. The van der Waals surface area contributed by atoms with E-state index in [1.807, 2.05) is 26.8 Å². The van der Waals surface area contributed by atoms with Crippen LogP contribution in [0.4, 0.5) is 5.82 Å². The molecule has 0 saturated heterocycles. The van der Waals surface area contributed by atoms with Crippen LogP contribution in [0.5, 0.6) is 0 Å². The summed E-state index contributed by atoms with van der Waals surface area (Å²) in [5, 5.41) is 11.8.